The lowest BCUT2D eigenvalue weighted by molar-refractivity contribution is 0.288. The summed E-state index contributed by atoms with van der Waals surface area (Å²) in [4.78, 5) is 0. The lowest BCUT2D eigenvalue weighted by Gasteiger charge is -2.26. The summed E-state index contributed by atoms with van der Waals surface area (Å²) in [6, 6.07) is 34.3. The molecule has 0 spiro atoms. The summed E-state index contributed by atoms with van der Waals surface area (Å²) in [5.41, 5.74) is 8.97. The molecule has 0 bridgehead atoms. The molecule has 5 rings (SSSR count). The van der Waals surface area contributed by atoms with Gasteiger partial charge in [0.25, 0.3) is 0 Å². The van der Waals surface area contributed by atoms with Gasteiger partial charge in [-0.25, -0.2) is 0 Å². The SMILES string of the molecule is CCc1c(COc2ccc(Br)cc2)c(CC)c(COc2ccc(Br)cc2)c(CC)c1COc1ccc(Br)cc1.Cc1ccccc1. The van der Waals surface area contributed by atoms with E-state index in [9.17, 15) is 0 Å². The van der Waals surface area contributed by atoms with Crippen LogP contribution in [0.1, 0.15) is 59.7 Å². The number of benzene rings is 5. The molecule has 0 aliphatic carbocycles. The van der Waals surface area contributed by atoms with E-state index in [2.05, 4.69) is 87.6 Å². The fourth-order valence-electron chi connectivity index (χ4n) is 5.49. The molecule has 240 valence electrons. The van der Waals surface area contributed by atoms with Crippen LogP contribution in [-0.2, 0) is 39.1 Å². The molecule has 6 heteroatoms. The lowest BCUT2D eigenvalue weighted by atomic mass is 9.84. The third-order valence-electron chi connectivity index (χ3n) is 7.78. The van der Waals surface area contributed by atoms with Crippen molar-refractivity contribution in [2.24, 2.45) is 0 Å². The number of aryl methyl sites for hydroxylation is 1. The van der Waals surface area contributed by atoms with E-state index in [4.69, 9.17) is 14.2 Å². The van der Waals surface area contributed by atoms with Crippen molar-refractivity contribution in [3.8, 4) is 17.2 Å². The Bertz CT molecular complexity index is 1460. The highest BCUT2D eigenvalue weighted by Gasteiger charge is 2.23. The number of hydrogen-bond donors (Lipinski definition) is 0. The van der Waals surface area contributed by atoms with Crippen molar-refractivity contribution in [2.75, 3.05) is 0 Å². The van der Waals surface area contributed by atoms with Crippen molar-refractivity contribution in [1.82, 2.24) is 0 Å². The van der Waals surface area contributed by atoms with Gasteiger partial charge in [0, 0.05) is 13.4 Å². The highest BCUT2D eigenvalue weighted by atomic mass is 79.9. The monoisotopic (exact) mass is 806 g/mol. The van der Waals surface area contributed by atoms with Crippen molar-refractivity contribution in [1.29, 1.82) is 0 Å². The first-order chi connectivity index (χ1) is 22.3. The fraction of sp³-hybridized carbons (Fsp3) is 0.250. The van der Waals surface area contributed by atoms with E-state index in [1.807, 2.05) is 91.0 Å². The van der Waals surface area contributed by atoms with Crippen LogP contribution in [0.4, 0.5) is 0 Å². The van der Waals surface area contributed by atoms with Crippen LogP contribution in [0.15, 0.2) is 117 Å². The maximum Gasteiger partial charge on any atom is 0.119 e. The molecule has 5 aromatic carbocycles. The van der Waals surface area contributed by atoms with Crippen molar-refractivity contribution in [2.45, 2.75) is 66.8 Å². The third kappa shape index (κ3) is 10.2. The van der Waals surface area contributed by atoms with Crippen LogP contribution in [0.3, 0.4) is 0 Å². The maximum absolute atomic E-state index is 6.35. The first-order valence-electron chi connectivity index (χ1n) is 15.7. The molecule has 3 nitrogen and oxygen atoms in total. The summed E-state index contributed by atoms with van der Waals surface area (Å²) in [7, 11) is 0. The number of hydrogen-bond acceptors (Lipinski definition) is 3. The number of halogens is 3. The molecule has 46 heavy (non-hydrogen) atoms. The zero-order valence-electron chi connectivity index (χ0n) is 26.9. The molecule has 0 N–H and O–H groups in total. The molecule has 0 heterocycles. The highest BCUT2D eigenvalue weighted by molar-refractivity contribution is 9.11. The van der Waals surface area contributed by atoms with Crippen molar-refractivity contribution in [3.63, 3.8) is 0 Å². The summed E-state index contributed by atoms with van der Waals surface area (Å²) >= 11 is 10.5. The highest BCUT2D eigenvalue weighted by Crippen LogP contribution is 2.34. The molecule has 0 aliphatic heterocycles. The Morgan fingerprint density at radius 1 is 0.391 bits per heavy atom. The Hall–Kier alpha value is -3.06. The summed E-state index contributed by atoms with van der Waals surface area (Å²) in [5, 5.41) is 0. The van der Waals surface area contributed by atoms with Gasteiger partial charge >= 0.3 is 0 Å². The van der Waals surface area contributed by atoms with Gasteiger partial charge in [-0.3, -0.25) is 0 Å². The number of rotatable bonds is 12. The van der Waals surface area contributed by atoms with Gasteiger partial charge in [-0.2, -0.15) is 0 Å². The van der Waals surface area contributed by atoms with Gasteiger partial charge in [-0.15, -0.1) is 0 Å². The van der Waals surface area contributed by atoms with Crippen LogP contribution in [0, 0.1) is 6.92 Å². The predicted octanol–water partition coefficient (Wildman–Crippen LogP) is 12.4. The third-order valence-corrected chi connectivity index (χ3v) is 9.36. The molecular weight excluding hydrogens is 768 g/mol. The molecule has 0 aliphatic rings. The fourth-order valence-corrected chi connectivity index (χ4v) is 6.28. The van der Waals surface area contributed by atoms with E-state index in [0.717, 1.165) is 49.9 Å². The van der Waals surface area contributed by atoms with Crippen LogP contribution < -0.4 is 14.2 Å². The van der Waals surface area contributed by atoms with Crippen molar-refractivity contribution in [3.05, 3.63) is 155 Å². The Kier molecular flexibility index (Phi) is 14.3. The Labute approximate surface area is 299 Å². The van der Waals surface area contributed by atoms with Gasteiger partial charge in [0.2, 0.25) is 0 Å². The van der Waals surface area contributed by atoms with Crippen LogP contribution >= 0.6 is 47.8 Å². The second kappa shape index (κ2) is 18.3. The van der Waals surface area contributed by atoms with E-state index in [-0.39, 0.29) is 0 Å². The molecule has 0 radical (unpaired) electrons. The van der Waals surface area contributed by atoms with Gasteiger partial charge in [0.1, 0.15) is 37.1 Å². The minimum Gasteiger partial charge on any atom is -0.489 e. The van der Waals surface area contributed by atoms with E-state index in [0.29, 0.717) is 19.8 Å². The van der Waals surface area contributed by atoms with Crippen molar-refractivity contribution < 1.29 is 14.2 Å². The quantitative estimate of drug-likeness (QED) is 0.126. The summed E-state index contributed by atoms with van der Waals surface area (Å²) in [6.45, 7) is 10.2. The first-order valence-corrected chi connectivity index (χ1v) is 18.0. The van der Waals surface area contributed by atoms with Crippen LogP contribution in [0.5, 0.6) is 17.2 Å². The van der Waals surface area contributed by atoms with Crippen molar-refractivity contribution >= 4 is 47.8 Å². The van der Waals surface area contributed by atoms with Crippen LogP contribution in [-0.4, -0.2) is 0 Å². The lowest BCUT2D eigenvalue weighted by Crippen LogP contribution is -2.17. The van der Waals surface area contributed by atoms with Gasteiger partial charge < -0.3 is 14.2 Å². The first kappa shape index (κ1) is 35.8. The maximum atomic E-state index is 6.35. The zero-order chi connectivity index (χ0) is 32.9. The van der Waals surface area contributed by atoms with Gasteiger partial charge in [-0.1, -0.05) is 104 Å². The van der Waals surface area contributed by atoms with Gasteiger partial charge in [-0.05, 0) is 132 Å². The molecule has 0 fully saturated rings. The Balaban J connectivity index is 0.000000606. The van der Waals surface area contributed by atoms with Gasteiger partial charge in [0.05, 0.1) is 0 Å². The summed E-state index contributed by atoms with van der Waals surface area (Å²) < 4.78 is 22.2. The largest absolute Gasteiger partial charge is 0.489 e. The van der Waals surface area contributed by atoms with E-state index in [1.54, 1.807) is 0 Å². The second-order valence-electron chi connectivity index (χ2n) is 10.8. The minimum absolute atomic E-state index is 0.495. The Morgan fingerprint density at radius 2 is 0.674 bits per heavy atom. The topological polar surface area (TPSA) is 27.7 Å². The average molecular weight is 809 g/mol. The summed E-state index contributed by atoms with van der Waals surface area (Å²) in [6.07, 6.45) is 2.68. The molecule has 0 unspecified atom stereocenters. The normalized spacial score (nSPS) is 10.6. The molecule has 0 saturated heterocycles. The molecule has 0 saturated carbocycles. The average Bonchev–Trinajstić information content (AvgIpc) is 3.07. The molecule has 0 atom stereocenters. The van der Waals surface area contributed by atoms with Crippen LogP contribution in [0.2, 0.25) is 0 Å². The predicted molar refractivity (Wildman–Crippen MR) is 201 cm³/mol. The molecular formula is C40H41Br3O3. The van der Waals surface area contributed by atoms with Crippen LogP contribution in [0.25, 0.3) is 0 Å². The molecule has 5 aromatic rings. The number of ether oxygens (including phenoxy) is 3. The smallest absolute Gasteiger partial charge is 0.119 e. The Morgan fingerprint density at radius 3 is 0.891 bits per heavy atom. The van der Waals surface area contributed by atoms with Gasteiger partial charge in [0.15, 0.2) is 0 Å². The van der Waals surface area contributed by atoms with E-state index in [1.165, 1.54) is 38.9 Å². The standard InChI is InChI=1S/C33H33Br3O3.C7H8/c1-4-28-31(19-37-25-13-7-22(34)8-14-25)29(5-2)33(21-39-27-17-11-24(36)12-18-27)30(6-3)32(28)20-38-26-15-9-23(35)10-16-26;1-7-5-3-2-4-6-7/h7-18H,4-6,19-21H2,1-3H3;2-6H,1H3. The van der Waals surface area contributed by atoms with E-state index < -0.39 is 0 Å². The molecule has 0 amide bonds. The second-order valence-corrected chi connectivity index (χ2v) is 13.6. The molecule has 0 aromatic heterocycles. The zero-order valence-corrected chi connectivity index (χ0v) is 31.7. The minimum atomic E-state index is 0.495. The van der Waals surface area contributed by atoms with E-state index >= 15 is 0 Å². The summed E-state index contributed by atoms with van der Waals surface area (Å²) in [5.74, 6) is 2.55.